The first-order chi connectivity index (χ1) is 12.5. The smallest absolute Gasteiger partial charge is 0.203 e. The molecule has 0 unspecified atom stereocenters. The Morgan fingerprint density at radius 2 is 1.92 bits per heavy atom. The molecular weight excluding hydrogens is 350 g/mol. The normalized spacial score (nSPS) is 17.0. The van der Waals surface area contributed by atoms with Crippen molar-refractivity contribution in [2.24, 2.45) is 4.99 Å². The minimum atomic E-state index is 0.232. The molecule has 26 heavy (non-hydrogen) atoms. The van der Waals surface area contributed by atoms with Crippen LogP contribution in [0.25, 0.3) is 0 Å². The highest BCUT2D eigenvalue weighted by Gasteiger charge is 2.28. The fourth-order valence-corrected chi connectivity index (χ4v) is 4.18. The van der Waals surface area contributed by atoms with Crippen LogP contribution < -0.4 is 19.5 Å². The number of aliphatic imine (C=N–C) groups is 1. The van der Waals surface area contributed by atoms with Gasteiger partial charge in [-0.15, -0.1) is 0 Å². The van der Waals surface area contributed by atoms with Gasteiger partial charge in [0.2, 0.25) is 5.75 Å². The Hall–Kier alpha value is -1.76. The van der Waals surface area contributed by atoms with Gasteiger partial charge < -0.3 is 24.4 Å². The van der Waals surface area contributed by atoms with Crippen molar-refractivity contribution in [1.29, 1.82) is 0 Å². The van der Waals surface area contributed by atoms with Crippen LogP contribution in [0.1, 0.15) is 26.3 Å². The molecule has 0 aliphatic carbocycles. The summed E-state index contributed by atoms with van der Waals surface area (Å²) >= 11 is 2.01. The zero-order chi connectivity index (χ0) is 19.2. The zero-order valence-electron chi connectivity index (χ0n) is 16.7. The summed E-state index contributed by atoms with van der Waals surface area (Å²) in [5.74, 6) is 3.97. The fourth-order valence-electron chi connectivity index (χ4n) is 3.07. The van der Waals surface area contributed by atoms with Gasteiger partial charge in [-0.3, -0.25) is 0 Å². The van der Waals surface area contributed by atoms with Crippen molar-refractivity contribution >= 4 is 17.7 Å². The van der Waals surface area contributed by atoms with Crippen molar-refractivity contribution in [2.75, 3.05) is 46.7 Å². The van der Waals surface area contributed by atoms with Crippen molar-refractivity contribution in [3.63, 3.8) is 0 Å². The number of hydrogen-bond acceptors (Lipinski definition) is 5. The second kappa shape index (κ2) is 9.26. The number of benzene rings is 1. The fraction of sp³-hybridized carbons (Fsp3) is 0.632. The molecule has 0 radical (unpaired) electrons. The zero-order valence-corrected chi connectivity index (χ0v) is 17.5. The van der Waals surface area contributed by atoms with Crippen LogP contribution >= 0.6 is 11.8 Å². The molecule has 1 aromatic rings. The van der Waals surface area contributed by atoms with Gasteiger partial charge >= 0.3 is 0 Å². The van der Waals surface area contributed by atoms with E-state index in [1.165, 1.54) is 0 Å². The molecule has 6 nitrogen and oxygen atoms in total. The van der Waals surface area contributed by atoms with Gasteiger partial charge in [-0.1, -0.05) is 0 Å². The van der Waals surface area contributed by atoms with Gasteiger partial charge in [0.05, 0.1) is 27.9 Å². The van der Waals surface area contributed by atoms with Gasteiger partial charge in [0.15, 0.2) is 17.5 Å². The third-order valence-corrected chi connectivity index (χ3v) is 5.54. The second-order valence-electron chi connectivity index (χ2n) is 6.69. The Balaban J connectivity index is 2.27. The Morgan fingerprint density at radius 1 is 1.19 bits per heavy atom. The average Bonchev–Trinajstić information content (AvgIpc) is 2.63. The van der Waals surface area contributed by atoms with E-state index in [9.17, 15) is 0 Å². The highest BCUT2D eigenvalue weighted by Crippen LogP contribution is 2.40. The van der Waals surface area contributed by atoms with Crippen molar-refractivity contribution in [2.45, 2.75) is 32.1 Å². The Bertz CT molecular complexity index is 635. The quantitative estimate of drug-likeness (QED) is 0.604. The maximum absolute atomic E-state index is 5.57. The van der Waals surface area contributed by atoms with Gasteiger partial charge in [-0.2, -0.15) is 11.8 Å². The maximum Gasteiger partial charge on any atom is 0.203 e. The number of methoxy groups -OCH3 is 3. The lowest BCUT2D eigenvalue weighted by atomic mass is 10.1. The van der Waals surface area contributed by atoms with E-state index in [0.29, 0.717) is 23.8 Å². The lowest BCUT2D eigenvalue weighted by Crippen LogP contribution is -2.50. The monoisotopic (exact) mass is 381 g/mol. The molecule has 0 bridgehead atoms. The van der Waals surface area contributed by atoms with Crippen LogP contribution in [0, 0.1) is 0 Å². The molecule has 2 rings (SSSR count). The van der Waals surface area contributed by atoms with E-state index in [-0.39, 0.29) is 4.75 Å². The topological polar surface area (TPSA) is 55.3 Å². The molecule has 0 amide bonds. The molecule has 1 aliphatic heterocycles. The first-order valence-corrected chi connectivity index (χ1v) is 9.89. The number of thioether (sulfide) groups is 1. The van der Waals surface area contributed by atoms with E-state index in [1.54, 1.807) is 21.3 Å². The maximum atomic E-state index is 5.57. The van der Waals surface area contributed by atoms with Crippen molar-refractivity contribution < 1.29 is 14.2 Å². The summed E-state index contributed by atoms with van der Waals surface area (Å²) in [7, 11) is 4.87. The third kappa shape index (κ3) is 4.90. The van der Waals surface area contributed by atoms with Crippen LogP contribution in [0.3, 0.4) is 0 Å². The highest BCUT2D eigenvalue weighted by atomic mass is 32.2. The predicted molar refractivity (Wildman–Crippen MR) is 109 cm³/mol. The van der Waals surface area contributed by atoms with Gasteiger partial charge in [0, 0.05) is 35.7 Å². The number of rotatable bonds is 6. The van der Waals surface area contributed by atoms with Crippen molar-refractivity contribution in [3.05, 3.63) is 17.7 Å². The molecular formula is C19H31N3O3S. The summed E-state index contributed by atoms with van der Waals surface area (Å²) < 4.78 is 16.6. The van der Waals surface area contributed by atoms with Crippen LogP contribution in [0.2, 0.25) is 0 Å². The van der Waals surface area contributed by atoms with Gasteiger partial charge in [0.25, 0.3) is 0 Å². The average molecular weight is 382 g/mol. The minimum Gasteiger partial charge on any atom is -0.493 e. The van der Waals surface area contributed by atoms with Crippen LogP contribution in [0.5, 0.6) is 17.2 Å². The lowest BCUT2D eigenvalue weighted by molar-refractivity contribution is 0.322. The largest absolute Gasteiger partial charge is 0.493 e. The molecule has 0 spiro atoms. The molecule has 146 valence electrons. The Labute approximate surface area is 161 Å². The molecule has 1 aliphatic rings. The Morgan fingerprint density at radius 3 is 2.50 bits per heavy atom. The summed E-state index contributed by atoms with van der Waals surface area (Å²) in [5.41, 5.74) is 0.964. The summed E-state index contributed by atoms with van der Waals surface area (Å²) in [6.07, 6.45) is 0. The third-order valence-electron chi connectivity index (χ3n) is 4.24. The first-order valence-electron chi connectivity index (χ1n) is 8.90. The molecule has 0 saturated carbocycles. The number of hydrogen-bond donors (Lipinski definition) is 1. The van der Waals surface area contributed by atoms with Crippen LogP contribution in [0.15, 0.2) is 17.1 Å². The molecule has 0 atom stereocenters. The van der Waals surface area contributed by atoms with Crippen molar-refractivity contribution in [3.8, 4) is 17.2 Å². The second-order valence-corrected chi connectivity index (χ2v) is 8.50. The number of nitrogens with one attached hydrogen (secondary N) is 1. The van der Waals surface area contributed by atoms with Crippen LogP contribution in [-0.2, 0) is 6.54 Å². The summed E-state index contributed by atoms with van der Waals surface area (Å²) in [6, 6.07) is 3.86. The van der Waals surface area contributed by atoms with Crippen LogP contribution in [-0.4, -0.2) is 62.3 Å². The molecule has 1 aromatic carbocycles. The van der Waals surface area contributed by atoms with E-state index in [4.69, 9.17) is 19.2 Å². The predicted octanol–water partition coefficient (Wildman–Crippen LogP) is 3.01. The summed E-state index contributed by atoms with van der Waals surface area (Å²) in [4.78, 5) is 7.20. The van der Waals surface area contributed by atoms with Gasteiger partial charge in [0.1, 0.15) is 0 Å². The Kier molecular flexibility index (Phi) is 7.32. The van der Waals surface area contributed by atoms with E-state index >= 15 is 0 Å². The standard InChI is InChI=1S/C19H31N3O3S/c1-7-20-18(22-10-11-26-19(2,3)13-22)21-12-14-8-9-15(23-4)17(25-6)16(14)24-5/h8-9H,7,10-13H2,1-6H3,(H,20,21). The molecule has 1 saturated heterocycles. The molecule has 1 N–H and O–H groups in total. The number of guanidine groups is 1. The van der Waals surface area contributed by atoms with E-state index in [1.807, 2.05) is 23.9 Å². The van der Waals surface area contributed by atoms with Gasteiger partial charge in [-0.25, -0.2) is 4.99 Å². The number of nitrogens with zero attached hydrogens (tertiary/aromatic N) is 2. The first kappa shape index (κ1) is 20.6. The molecule has 0 aromatic heterocycles. The molecule has 1 heterocycles. The van der Waals surface area contributed by atoms with E-state index in [2.05, 4.69) is 31.0 Å². The summed E-state index contributed by atoms with van der Waals surface area (Å²) in [6.45, 7) is 9.99. The van der Waals surface area contributed by atoms with Gasteiger partial charge in [-0.05, 0) is 32.9 Å². The molecule has 1 fully saturated rings. The SMILES string of the molecule is CCNC(=NCc1ccc(OC)c(OC)c1OC)N1CCSC(C)(C)C1. The van der Waals surface area contributed by atoms with Crippen LogP contribution in [0.4, 0.5) is 0 Å². The van der Waals surface area contributed by atoms with E-state index in [0.717, 1.165) is 36.9 Å². The minimum absolute atomic E-state index is 0.232. The summed E-state index contributed by atoms with van der Waals surface area (Å²) in [5, 5.41) is 3.42. The van der Waals surface area contributed by atoms with Crippen molar-refractivity contribution in [1.82, 2.24) is 10.2 Å². The molecule has 7 heteroatoms. The number of ether oxygens (including phenoxy) is 3. The lowest BCUT2D eigenvalue weighted by Gasteiger charge is -2.39. The highest BCUT2D eigenvalue weighted by molar-refractivity contribution is 8.00. The van der Waals surface area contributed by atoms with E-state index < -0.39 is 0 Å².